The Hall–Kier alpha value is -3.63. The Labute approximate surface area is 165 Å². The van der Waals surface area contributed by atoms with Gasteiger partial charge in [0.1, 0.15) is 5.82 Å². The van der Waals surface area contributed by atoms with E-state index in [1.54, 1.807) is 29.1 Å². The van der Waals surface area contributed by atoms with Gasteiger partial charge in [-0.1, -0.05) is 6.07 Å². The molecule has 0 spiro atoms. The molecule has 0 atom stereocenters. The lowest BCUT2D eigenvalue weighted by Gasteiger charge is -2.18. The van der Waals surface area contributed by atoms with Crippen LogP contribution in [0.25, 0.3) is 28.0 Å². The lowest BCUT2D eigenvalue weighted by Crippen LogP contribution is -2.18. The second kappa shape index (κ2) is 6.76. The van der Waals surface area contributed by atoms with Crippen molar-refractivity contribution in [2.24, 2.45) is 0 Å². The largest absolute Gasteiger partial charge is 0.386 e. The zero-order valence-corrected chi connectivity index (χ0v) is 15.7. The maximum absolute atomic E-state index is 14.8. The highest BCUT2D eigenvalue weighted by atomic mass is 19.1. The van der Waals surface area contributed by atoms with Gasteiger partial charge in [-0.25, -0.2) is 13.8 Å². The average molecular weight is 390 g/mol. The molecule has 5 nitrogen and oxygen atoms in total. The molecule has 144 valence electrons. The van der Waals surface area contributed by atoms with Crippen molar-refractivity contribution in [1.82, 2.24) is 14.4 Å². The van der Waals surface area contributed by atoms with Gasteiger partial charge in [-0.2, -0.15) is 5.26 Å². The maximum Gasteiger partial charge on any atom is 0.174 e. The van der Waals surface area contributed by atoms with E-state index < -0.39 is 17.2 Å². The third kappa shape index (κ3) is 3.24. The van der Waals surface area contributed by atoms with Crippen molar-refractivity contribution < 1.29 is 13.9 Å². The van der Waals surface area contributed by atoms with Gasteiger partial charge in [0, 0.05) is 40.8 Å². The number of fused-ring (bicyclic) bond motifs is 1. The Kier molecular flexibility index (Phi) is 4.36. The van der Waals surface area contributed by atoms with E-state index in [0.717, 1.165) is 0 Å². The Bertz CT molecular complexity index is 1280. The predicted molar refractivity (Wildman–Crippen MR) is 104 cm³/mol. The number of nitrogens with zero attached hydrogens (tertiary/aromatic N) is 4. The smallest absolute Gasteiger partial charge is 0.174 e. The lowest BCUT2D eigenvalue weighted by atomic mass is 9.99. The number of nitriles is 1. The summed E-state index contributed by atoms with van der Waals surface area (Å²) in [4.78, 5) is 8.39. The second-order valence-corrected chi connectivity index (χ2v) is 7.20. The van der Waals surface area contributed by atoms with Gasteiger partial charge < -0.3 is 5.11 Å². The zero-order chi connectivity index (χ0) is 20.8. The van der Waals surface area contributed by atoms with E-state index in [0.29, 0.717) is 22.4 Å². The standard InChI is InChI=1S/C22H16F2N4O/c1-22(2,29)18-5-6-28-19(12-27-21(28)20(18)24)15-7-14(10-26-11-15)17-4-3-16(23)8-13(17)9-25/h3-8,10-12,29H,1-2H3. The van der Waals surface area contributed by atoms with Crippen molar-refractivity contribution in [2.75, 3.05) is 0 Å². The van der Waals surface area contributed by atoms with Crippen LogP contribution in [-0.2, 0) is 5.60 Å². The van der Waals surface area contributed by atoms with Gasteiger partial charge in [-0.15, -0.1) is 0 Å². The van der Waals surface area contributed by atoms with E-state index in [1.807, 2.05) is 6.07 Å². The molecular formula is C22H16F2N4O. The number of aromatic nitrogens is 3. The molecule has 0 amide bonds. The number of aliphatic hydroxyl groups is 1. The molecule has 0 aliphatic rings. The number of pyridine rings is 2. The fourth-order valence-corrected chi connectivity index (χ4v) is 3.29. The van der Waals surface area contributed by atoms with Gasteiger partial charge in [-0.3, -0.25) is 9.38 Å². The van der Waals surface area contributed by atoms with Crippen LogP contribution in [0.4, 0.5) is 8.78 Å². The van der Waals surface area contributed by atoms with Crippen LogP contribution in [-0.4, -0.2) is 19.5 Å². The number of hydrogen-bond donors (Lipinski definition) is 1. The molecule has 3 heterocycles. The summed E-state index contributed by atoms with van der Waals surface area (Å²) >= 11 is 0. The fourth-order valence-electron chi connectivity index (χ4n) is 3.29. The van der Waals surface area contributed by atoms with Gasteiger partial charge in [0.25, 0.3) is 0 Å². The van der Waals surface area contributed by atoms with Gasteiger partial charge in [0.2, 0.25) is 0 Å². The zero-order valence-electron chi connectivity index (χ0n) is 15.7. The normalized spacial score (nSPS) is 11.6. The van der Waals surface area contributed by atoms with Crippen LogP contribution in [0.3, 0.4) is 0 Å². The lowest BCUT2D eigenvalue weighted by molar-refractivity contribution is 0.0746. The molecule has 0 bridgehead atoms. The highest BCUT2D eigenvalue weighted by Gasteiger charge is 2.24. The summed E-state index contributed by atoms with van der Waals surface area (Å²) in [5.41, 5.74) is 1.52. The minimum Gasteiger partial charge on any atom is -0.386 e. The van der Waals surface area contributed by atoms with Crippen LogP contribution in [0.5, 0.6) is 0 Å². The van der Waals surface area contributed by atoms with Gasteiger partial charge in [-0.05, 0) is 38.1 Å². The topological polar surface area (TPSA) is 74.2 Å². The molecule has 0 aliphatic carbocycles. The first-order valence-corrected chi connectivity index (χ1v) is 8.83. The molecule has 0 saturated heterocycles. The molecule has 4 rings (SSSR count). The summed E-state index contributed by atoms with van der Waals surface area (Å²) in [6.07, 6.45) is 6.33. The molecule has 0 radical (unpaired) electrons. The molecule has 3 aromatic heterocycles. The first-order valence-electron chi connectivity index (χ1n) is 8.83. The van der Waals surface area contributed by atoms with Crippen molar-refractivity contribution in [3.05, 3.63) is 77.9 Å². The summed E-state index contributed by atoms with van der Waals surface area (Å²) in [5, 5.41) is 19.5. The summed E-state index contributed by atoms with van der Waals surface area (Å²) in [6.45, 7) is 3.02. The quantitative estimate of drug-likeness (QED) is 0.561. The van der Waals surface area contributed by atoms with E-state index in [1.165, 1.54) is 44.3 Å². The average Bonchev–Trinajstić information content (AvgIpc) is 3.12. The number of rotatable bonds is 3. The number of benzene rings is 1. The first-order chi connectivity index (χ1) is 13.8. The van der Waals surface area contributed by atoms with Crippen LogP contribution in [0.15, 0.2) is 55.1 Å². The van der Waals surface area contributed by atoms with E-state index >= 15 is 0 Å². The minimum absolute atomic E-state index is 0.0875. The molecular weight excluding hydrogens is 374 g/mol. The van der Waals surface area contributed by atoms with Crippen molar-refractivity contribution in [2.45, 2.75) is 19.4 Å². The molecule has 4 aromatic rings. The molecule has 0 fully saturated rings. The van der Waals surface area contributed by atoms with Crippen LogP contribution in [0, 0.1) is 23.0 Å². The Morgan fingerprint density at radius 1 is 1.07 bits per heavy atom. The molecule has 7 heteroatoms. The van der Waals surface area contributed by atoms with Crippen LogP contribution in [0.1, 0.15) is 25.0 Å². The maximum atomic E-state index is 14.8. The Morgan fingerprint density at radius 3 is 2.55 bits per heavy atom. The van der Waals surface area contributed by atoms with Crippen LogP contribution >= 0.6 is 0 Å². The van der Waals surface area contributed by atoms with Crippen molar-refractivity contribution in [3.63, 3.8) is 0 Å². The summed E-state index contributed by atoms with van der Waals surface area (Å²) in [5.74, 6) is -1.09. The number of halogens is 2. The van der Waals surface area contributed by atoms with Gasteiger partial charge in [0.15, 0.2) is 11.5 Å². The molecule has 0 saturated carbocycles. The summed E-state index contributed by atoms with van der Waals surface area (Å²) in [7, 11) is 0. The van der Waals surface area contributed by atoms with Crippen molar-refractivity contribution >= 4 is 5.65 Å². The summed E-state index contributed by atoms with van der Waals surface area (Å²) < 4.78 is 29.9. The van der Waals surface area contributed by atoms with E-state index in [4.69, 9.17) is 0 Å². The molecule has 1 N–H and O–H groups in total. The van der Waals surface area contributed by atoms with E-state index in [-0.39, 0.29) is 16.8 Å². The van der Waals surface area contributed by atoms with Gasteiger partial charge in [0.05, 0.1) is 29.1 Å². The SMILES string of the molecule is CC(C)(O)c1ccn2c(-c3cncc(-c4ccc(F)cc4C#N)c3)cnc2c1F. The van der Waals surface area contributed by atoms with Gasteiger partial charge >= 0.3 is 0 Å². The highest BCUT2D eigenvalue weighted by Crippen LogP contribution is 2.31. The summed E-state index contributed by atoms with van der Waals surface area (Å²) in [6, 6.07) is 9.26. The fraction of sp³-hybridized carbons (Fsp3) is 0.136. The third-order valence-corrected chi connectivity index (χ3v) is 4.73. The highest BCUT2D eigenvalue weighted by molar-refractivity contribution is 5.75. The minimum atomic E-state index is -1.34. The predicted octanol–water partition coefficient (Wildman–Crippen LogP) is 4.44. The monoisotopic (exact) mass is 390 g/mol. The number of imidazole rings is 1. The number of hydrogen-bond acceptors (Lipinski definition) is 4. The first kappa shape index (κ1) is 18.7. The van der Waals surface area contributed by atoms with E-state index in [2.05, 4.69) is 9.97 Å². The Balaban J connectivity index is 1.85. The van der Waals surface area contributed by atoms with Crippen LogP contribution < -0.4 is 0 Å². The Morgan fingerprint density at radius 2 is 1.83 bits per heavy atom. The van der Waals surface area contributed by atoms with Crippen molar-refractivity contribution in [3.8, 4) is 28.5 Å². The van der Waals surface area contributed by atoms with Crippen LogP contribution in [0.2, 0.25) is 0 Å². The molecule has 29 heavy (non-hydrogen) atoms. The molecule has 0 aliphatic heterocycles. The molecule has 0 unspecified atom stereocenters. The van der Waals surface area contributed by atoms with E-state index in [9.17, 15) is 19.1 Å². The van der Waals surface area contributed by atoms with Crippen molar-refractivity contribution in [1.29, 1.82) is 5.26 Å². The molecule has 1 aromatic carbocycles. The second-order valence-electron chi connectivity index (χ2n) is 7.20. The third-order valence-electron chi connectivity index (χ3n) is 4.73.